The third-order valence-electron chi connectivity index (χ3n) is 4.22. The van der Waals surface area contributed by atoms with Gasteiger partial charge < -0.3 is 15.2 Å². The van der Waals surface area contributed by atoms with Gasteiger partial charge in [-0.1, -0.05) is 6.07 Å². The van der Waals surface area contributed by atoms with Gasteiger partial charge in [0.05, 0.1) is 30.0 Å². The van der Waals surface area contributed by atoms with Crippen LogP contribution in [0.4, 0.5) is 10.9 Å². The Bertz CT molecular complexity index is 890. The Morgan fingerprint density at radius 2 is 2.38 bits per heavy atom. The molecule has 1 amide bonds. The van der Waals surface area contributed by atoms with E-state index in [9.17, 15) is 4.79 Å². The van der Waals surface area contributed by atoms with E-state index < -0.39 is 0 Å². The lowest BCUT2D eigenvalue weighted by Gasteiger charge is -2.21. The van der Waals surface area contributed by atoms with Gasteiger partial charge in [-0.15, -0.1) is 11.3 Å². The molecule has 1 atom stereocenters. The molecule has 26 heavy (non-hydrogen) atoms. The molecule has 2 N–H and O–H groups in total. The standard InChI is InChI=1S/C18H18N6OS/c25-17(7-6-13-10-19-12-21-13)24-9-3-4-15(24)14-11-26-18(22-14)23-16-5-1-2-8-20-16/h1-2,5-8,10-12,15H,3-4,9H2,(H,19,21)(H,20,22,23)/b7-6+/t15-/m1/s1. The number of nitrogens with zero attached hydrogens (tertiary/aromatic N) is 4. The Hall–Kier alpha value is -3.00. The molecule has 0 unspecified atom stereocenters. The monoisotopic (exact) mass is 366 g/mol. The van der Waals surface area contributed by atoms with E-state index >= 15 is 0 Å². The minimum atomic E-state index is -0.00525. The Balaban J connectivity index is 1.45. The molecule has 1 aliphatic rings. The third-order valence-corrected chi connectivity index (χ3v) is 5.00. The molecule has 3 aromatic rings. The van der Waals surface area contributed by atoms with E-state index in [1.54, 1.807) is 30.9 Å². The summed E-state index contributed by atoms with van der Waals surface area (Å²) >= 11 is 1.52. The predicted molar refractivity (Wildman–Crippen MR) is 101 cm³/mol. The van der Waals surface area contributed by atoms with Crippen LogP contribution in [-0.2, 0) is 4.79 Å². The van der Waals surface area contributed by atoms with Crippen molar-refractivity contribution in [3.63, 3.8) is 0 Å². The number of pyridine rings is 1. The summed E-state index contributed by atoms with van der Waals surface area (Å²) < 4.78 is 0. The Morgan fingerprint density at radius 1 is 1.42 bits per heavy atom. The van der Waals surface area contributed by atoms with Gasteiger partial charge in [-0.05, 0) is 31.1 Å². The molecule has 0 aromatic carbocycles. The molecule has 0 bridgehead atoms. The van der Waals surface area contributed by atoms with Crippen LogP contribution >= 0.6 is 11.3 Å². The van der Waals surface area contributed by atoms with Crippen molar-refractivity contribution in [1.29, 1.82) is 0 Å². The van der Waals surface area contributed by atoms with Crippen molar-refractivity contribution in [1.82, 2.24) is 24.8 Å². The van der Waals surface area contributed by atoms with Crippen LogP contribution < -0.4 is 5.32 Å². The number of hydrogen-bond acceptors (Lipinski definition) is 6. The zero-order valence-corrected chi connectivity index (χ0v) is 14.8. The van der Waals surface area contributed by atoms with Crippen molar-refractivity contribution in [2.24, 2.45) is 0 Å². The molecule has 0 aliphatic carbocycles. The molecular weight excluding hydrogens is 348 g/mol. The average molecular weight is 366 g/mol. The fourth-order valence-corrected chi connectivity index (χ4v) is 3.76. The molecule has 0 spiro atoms. The van der Waals surface area contributed by atoms with Crippen LogP contribution in [0.1, 0.15) is 30.3 Å². The first-order valence-electron chi connectivity index (χ1n) is 8.40. The lowest BCUT2D eigenvalue weighted by atomic mass is 10.1. The second-order valence-electron chi connectivity index (χ2n) is 5.95. The Morgan fingerprint density at radius 3 is 3.19 bits per heavy atom. The maximum atomic E-state index is 12.6. The first-order valence-corrected chi connectivity index (χ1v) is 9.28. The van der Waals surface area contributed by atoms with Crippen molar-refractivity contribution in [2.75, 3.05) is 11.9 Å². The van der Waals surface area contributed by atoms with Crippen molar-refractivity contribution < 1.29 is 4.79 Å². The van der Waals surface area contributed by atoms with E-state index in [0.717, 1.165) is 41.7 Å². The number of thiazole rings is 1. The van der Waals surface area contributed by atoms with Crippen LogP contribution in [0.25, 0.3) is 6.08 Å². The number of carbonyl (C=O) groups is 1. The molecule has 1 fully saturated rings. The summed E-state index contributed by atoms with van der Waals surface area (Å²) in [4.78, 5) is 30.3. The van der Waals surface area contributed by atoms with E-state index in [-0.39, 0.29) is 11.9 Å². The minimum Gasteiger partial charge on any atom is -0.345 e. The van der Waals surface area contributed by atoms with Crippen LogP contribution in [0, 0.1) is 0 Å². The smallest absolute Gasteiger partial charge is 0.247 e. The second-order valence-corrected chi connectivity index (χ2v) is 6.81. The number of aromatic amines is 1. The summed E-state index contributed by atoms with van der Waals surface area (Å²) in [5.74, 6) is 0.754. The fourth-order valence-electron chi connectivity index (χ4n) is 3.00. The first-order chi connectivity index (χ1) is 12.8. The molecule has 0 radical (unpaired) electrons. The molecule has 132 valence electrons. The molecule has 1 aliphatic heterocycles. The number of aromatic nitrogens is 4. The molecule has 3 aromatic heterocycles. The van der Waals surface area contributed by atoms with Gasteiger partial charge in [0, 0.05) is 24.2 Å². The van der Waals surface area contributed by atoms with Crippen LogP contribution in [-0.4, -0.2) is 37.3 Å². The summed E-state index contributed by atoms with van der Waals surface area (Å²) in [6, 6.07) is 5.71. The molecule has 4 rings (SSSR count). The highest BCUT2D eigenvalue weighted by Gasteiger charge is 2.30. The number of imidazole rings is 1. The SMILES string of the molecule is O=C(/C=C/c1cnc[nH]1)N1CCC[C@@H]1c1csc(Nc2ccccn2)n1. The first kappa shape index (κ1) is 16.5. The minimum absolute atomic E-state index is 0.00525. The number of carbonyl (C=O) groups excluding carboxylic acids is 1. The molecule has 7 nitrogen and oxygen atoms in total. The summed E-state index contributed by atoms with van der Waals surface area (Å²) in [6.45, 7) is 0.747. The zero-order valence-electron chi connectivity index (χ0n) is 14.0. The highest BCUT2D eigenvalue weighted by molar-refractivity contribution is 7.13. The number of nitrogens with one attached hydrogen (secondary N) is 2. The van der Waals surface area contributed by atoms with Gasteiger partial charge >= 0.3 is 0 Å². The summed E-state index contributed by atoms with van der Waals surface area (Å²) in [5.41, 5.74) is 1.74. The van der Waals surface area contributed by atoms with Gasteiger partial charge in [-0.2, -0.15) is 0 Å². The van der Waals surface area contributed by atoms with Crippen molar-refractivity contribution >= 4 is 34.3 Å². The van der Waals surface area contributed by atoms with Gasteiger partial charge in [0.1, 0.15) is 5.82 Å². The van der Waals surface area contributed by atoms with Gasteiger partial charge in [0.25, 0.3) is 0 Å². The van der Waals surface area contributed by atoms with E-state index in [2.05, 4.69) is 25.3 Å². The zero-order chi connectivity index (χ0) is 17.8. The van der Waals surface area contributed by atoms with Crippen LogP contribution in [0.5, 0.6) is 0 Å². The lowest BCUT2D eigenvalue weighted by molar-refractivity contribution is -0.126. The van der Waals surface area contributed by atoms with Gasteiger partial charge in [-0.3, -0.25) is 4.79 Å². The number of likely N-dealkylation sites (tertiary alicyclic amines) is 1. The Labute approximate surface area is 154 Å². The predicted octanol–water partition coefficient (Wildman–Crippen LogP) is 3.38. The molecule has 0 saturated carbocycles. The van der Waals surface area contributed by atoms with Crippen LogP contribution in [0.15, 0.2) is 48.4 Å². The van der Waals surface area contributed by atoms with Crippen LogP contribution in [0.2, 0.25) is 0 Å². The number of H-pyrrole nitrogens is 1. The van der Waals surface area contributed by atoms with E-state index in [1.165, 1.54) is 11.3 Å². The van der Waals surface area contributed by atoms with Crippen molar-refractivity contribution in [3.05, 3.63) is 59.8 Å². The topological polar surface area (TPSA) is 86.8 Å². The van der Waals surface area contributed by atoms with Gasteiger partial charge in [0.15, 0.2) is 5.13 Å². The van der Waals surface area contributed by atoms with E-state index in [4.69, 9.17) is 0 Å². The quantitative estimate of drug-likeness (QED) is 0.676. The number of amides is 1. The van der Waals surface area contributed by atoms with Gasteiger partial charge in [-0.25, -0.2) is 15.0 Å². The summed E-state index contributed by atoms with van der Waals surface area (Å²) in [6.07, 6.45) is 10.3. The fraction of sp³-hybridized carbons (Fsp3) is 0.222. The maximum Gasteiger partial charge on any atom is 0.247 e. The largest absolute Gasteiger partial charge is 0.345 e. The molecule has 4 heterocycles. The highest BCUT2D eigenvalue weighted by atomic mass is 32.1. The van der Waals surface area contributed by atoms with E-state index in [0.29, 0.717) is 0 Å². The summed E-state index contributed by atoms with van der Waals surface area (Å²) in [5, 5.41) is 6.00. The molecule has 8 heteroatoms. The highest BCUT2D eigenvalue weighted by Crippen LogP contribution is 2.34. The Kier molecular flexibility index (Phi) is 4.74. The number of rotatable bonds is 5. The second kappa shape index (κ2) is 7.49. The normalized spacial score (nSPS) is 17.1. The molecule has 1 saturated heterocycles. The van der Waals surface area contributed by atoms with Gasteiger partial charge in [0.2, 0.25) is 5.91 Å². The number of anilines is 2. The number of hydrogen-bond donors (Lipinski definition) is 2. The van der Waals surface area contributed by atoms with Crippen molar-refractivity contribution in [3.8, 4) is 0 Å². The van der Waals surface area contributed by atoms with Crippen LogP contribution in [0.3, 0.4) is 0 Å². The molecular formula is C18H18N6OS. The third kappa shape index (κ3) is 3.65. The van der Waals surface area contributed by atoms with E-state index in [1.807, 2.05) is 28.5 Å². The average Bonchev–Trinajstić information content (AvgIpc) is 3.41. The lowest BCUT2D eigenvalue weighted by Crippen LogP contribution is -2.29. The van der Waals surface area contributed by atoms with Crippen molar-refractivity contribution in [2.45, 2.75) is 18.9 Å². The maximum absolute atomic E-state index is 12.6. The summed E-state index contributed by atoms with van der Waals surface area (Å²) in [7, 11) is 0.